The van der Waals surface area contributed by atoms with Crippen molar-refractivity contribution >= 4 is 29.3 Å². The van der Waals surface area contributed by atoms with Crippen LogP contribution >= 0.6 is 11.8 Å². The molecule has 1 N–H and O–H groups in total. The summed E-state index contributed by atoms with van der Waals surface area (Å²) in [6.07, 6.45) is 6.98. The molecule has 8 nitrogen and oxygen atoms in total. The van der Waals surface area contributed by atoms with Crippen molar-refractivity contribution in [2.45, 2.75) is 11.7 Å². The second-order valence-corrected chi connectivity index (χ2v) is 8.61. The number of thioether (sulfide) groups is 1. The molecule has 2 aromatic carbocycles. The number of terminal acetylenes is 1. The number of anilines is 1. The second-order valence-electron chi connectivity index (χ2n) is 7.67. The fourth-order valence-electron chi connectivity index (χ4n) is 3.32. The molecule has 0 fully saturated rings. The largest absolute Gasteiger partial charge is 0.461 e. The molecule has 0 atom stereocenters. The fraction of sp³-hybridized carbons (Fsp3) is 0.154. The zero-order valence-electron chi connectivity index (χ0n) is 19.0. The number of furan rings is 1. The lowest BCUT2D eigenvalue weighted by molar-refractivity contribution is -0.131. The van der Waals surface area contributed by atoms with E-state index in [-0.39, 0.29) is 24.1 Å². The van der Waals surface area contributed by atoms with Gasteiger partial charge in [-0.3, -0.25) is 14.2 Å². The van der Waals surface area contributed by atoms with Gasteiger partial charge in [0.25, 0.3) is 0 Å². The van der Waals surface area contributed by atoms with Gasteiger partial charge in [0, 0.05) is 18.3 Å². The molecule has 4 rings (SSSR count). The van der Waals surface area contributed by atoms with Crippen LogP contribution in [0.3, 0.4) is 0 Å². The molecule has 2 aromatic heterocycles. The Kier molecular flexibility index (Phi) is 7.65. The SMILES string of the molecule is C#Cc1cccc(NC(=O)CN(C)C(=O)CSc2nnc(-c3ccco3)n2Cc2ccccc2)c1. The van der Waals surface area contributed by atoms with Crippen molar-refractivity contribution in [2.75, 3.05) is 24.7 Å². The second kappa shape index (κ2) is 11.2. The van der Waals surface area contributed by atoms with E-state index in [1.807, 2.05) is 41.0 Å². The first-order valence-corrected chi connectivity index (χ1v) is 11.8. The highest BCUT2D eigenvalue weighted by atomic mass is 32.2. The van der Waals surface area contributed by atoms with Crippen LogP contribution in [0.4, 0.5) is 5.69 Å². The van der Waals surface area contributed by atoms with Gasteiger partial charge in [-0.2, -0.15) is 0 Å². The Morgan fingerprint density at radius 1 is 1.11 bits per heavy atom. The molecule has 0 saturated heterocycles. The van der Waals surface area contributed by atoms with E-state index in [4.69, 9.17) is 10.8 Å². The first-order chi connectivity index (χ1) is 17.0. The van der Waals surface area contributed by atoms with Gasteiger partial charge in [-0.25, -0.2) is 0 Å². The summed E-state index contributed by atoms with van der Waals surface area (Å²) in [6, 6.07) is 20.5. The van der Waals surface area contributed by atoms with E-state index in [0.29, 0.717) is 34.5 Å². The van der Waals surface area contributed by atoms with Crippen LogP contribution in [0.5, 0.6) is 0 Å². The molecule has 0 aliphatic rings. The van der Waals surface area contributed by atoms with Gasteiger partial charge in [-0.15, -0.1) is 16.6 Å². The van der Waals surface area contributed by atoms with Crippen molar-refractivity contribution in [3.8, 4) is 23.9 Å². The Morgan fingerprint density at radius 2 is 1.94 bits per heavy atom. The van der Waals surface area contributed by atoms with Crippen molar-refractivity contribution in [1.82, 2.24) is 19.7 Å². The van der Waals surface area contributed by atoms with E-state index >= 15 is 0 Å². The quantitative estimate of drug-likeness (QED) is 0.287. The molecular weight excluding hydrogens is 462 g/mol. The van der Waals surface area contributed by atoms with Crippen molar-refractivity contribution in [1.29, 1.82) is 0 Å². The molecule has 9 heteroatoms. The number of likely N-dealkylation sites (N-methyl/N-ethyl adjacent to an activating group) is 1. The van der Waals surface area contributed by atoms with Crippen LogP contribution in [0, 0.1) is 12.3 Å². The standard InChI is InChI=1S/C26H23N5O3S/c1-3-19-11-7-12-21(15-19)27-23(32)17-30(2)24(33)18-35-26-29-28-25(22-13-8-14-34-22)31(26)16-20-9-5-4-6-10-20/h1,4-15H,16-18H2,2H3,(H,27,32). The summed E-state index contributed by atoms with van der Waals surface area (Å²) in [7, 11) is 1.59. The minimum absolute atomic E-state index is 0.0893. The molecule has 0 radical (unpaired) electrons. The van der Waals surface area contributed by atoms with E-state index in [9.17, 15) is 9.59 Å². The number of nitrogens with zero attached hydrogens (tertiary/aromatic N) is 4. The lowest BCUT2D eigenvalue weighted by Gasteiger charge is -2.17. The van der Waals surface area contributed by atoms with Gasteiger partial charge >= 0.3 is 0 Å². The number of hydrogen-bond acceptors (Lipinski definition) is 6. The molecule has 4 aromatic rings. The molecule has 0 spiro atoms. The van der Waals surface area contributed by atoms with Crippen LogP contribution in [0.1, 0.15) is 11.1 Å². The highest BCUT2D eigenvalue weighted by Crippen LogP contribution is 2.25. The Balaban J connectivity index is 1.39. The topological polar surface area (TPSA) is 93.3 Å². The molecular formula is C26H23N5O3S. The molecule has 2 amide bonds. The molecule has 0 bridgehead atoms. The average molecular weight is 486 g/mol. The third-order valence-corrected chi connectivity index (χ3v) is 6.04. The van der Waals surface area contributed by atoms with Crippen LogP contribution in [0.15, 0.2) is 82.6 Å². The number of benzene rings is 2. The summed E-state index contributed by atoms with van der Waals surface area (Å²) in [4.78, 5) is 26.5. The molecule has 176 valence electrons. The monoisotopic (exact) mass is 485 g/mol. The summed E-state index contributed by atoms with van der Waals surface area (Å²) in [5.74, 6) is 3.27. The maximum absolute atomic E-state index is 12.7. The third-order valence-electron chi connectivity index (χ3n) is 5.09. The van der Waals surface area contributed by atoms with Gasteiger partial charge in [0.15, 0.2) is 10.9 Å². The maximum atomic E-state index is 12.7. The third kappa shape index (κ3) is 6.19. The van der Waals surface area contributed by atoms with Gasteiger partial charge in [0.05, 0.1) is 25.1 Å². The first-order valence-electron chi connectivity index (χ1n) is 10.8. The Hall–Kier alpha value is -4.29. The lowest BCUT2D eigenvalue weighted by atomic mass is 10.2. The summed E-state index contributed by atoms with van der Waals surface area (Å²) in [5.41, 5.74) is 2.31. The number of carbonyl (C=O) groups is 2. The van der Waals surface area contributed by atoms with Crippen molar-refractivity contribution in [2.24, 2.45) is 0 Å². The average Bonchev–Trinajstić information content (AvgIpc) is 3.53. The zero-order valence-corrected chi connectivity index (χ0v) is 19.9. The number of nitrogens with one attached hydrogen (secondary N) is 1. The number of amides is 2. The molecule has 0 saturated carbocycles. The highest BCUT2D eigenvalue weighted by molar-refractivity contribution is 7.99. The van der Waals surface area contributed by atoms with Gasteiger partial charge in [-0.1, -0.05) is 54.1 Å². The van der Waals surface area contributed by atoms with Crippen molar-refractivity contribution in [3.63, 3.8) is 0 Å². The summed E-state index contributed by atoms with van der Waals surface area (Å²) in [5, 5.41) is 11.9. The Bertz CT molecular complexity index is 1340. The predicted molar refractivity (Wildman–Crippen MR) is 135 cm³/mol. The van der Waals surface area contributed by atoms with Crippen LogP contribution < -0.4 is 5.32 Å². The minimum atomic E-state index is -0.313. The first kappa shape index (κ1) is 23.9. The summed E-state index contributed by atoms with van der Waals surface area (Å²) < 4.78 is 7.43. The van der Waals surface area contributed by atoms with Crippen LogP contribution in [-0.2, 0) is 16.1 Å². The Labute approximate surface area is 207 Å². The van der Waals surface area contributed by atoms with E-state index in [1.165, 1.54) is 16.7 Å². The van der Waals surface area contributed by atoms with Gasteiger partial charge in [0.2, 0.25) is 17.6 Å². The molecule has 0 aliphatic heterocycles. The van der Waals surface area contributed by atoms with Gasteiger partial charge < -0.3 is 14.6 Å². The minimum Gasteiger partial charge on any atom is -0.461 e. The van der Waals surface area contributed by atoms with Gasteiger partial charge in [-0.05, 0) is 35.9 Å². The zero-order chi connectivity index (χ0) is 24.6. The summed E-state index contributed by atoms with van der Waals surface area (Å²) in [6.45, 7) is 0.434. The molecule has 0 unspecified atom stereocenters. The molecule has 35 heavy (non-hydrogen) atoms. The number of aromatic nitrogens is 3. The molecule has 2 heterocycles. The van der Waals surface area contributed by atoms with Crippen LogP contribution in [0.25, 0.3) is 11.6 Å². The van der Waals surface area contributed by atoms with Gasteiger partial charge in [0.1, 0.15) is 0 Å². The van der Waals surface area contributed by atoms with E-state index in [1.54, 1.807) is 43.6 Å². The molecule has 0 aliphatic carbocycles. The lowest BCUT2D eigenvalue weighted by Crippen LogP contribution is -2.36. The normalized spacial score (nSPS) is 10.5. The predicted octanol–water partition coefficient (Wildman–Crippen LogP) is 3.76. The number of carbonyl (C=O) groups excluding carboxylic acids is 2. The van der Waals surface area contributed by atoms with E-state index in [2.05, 4.69) is 21.4 Å². The fourth-order valence-corrected chi connectivity index (χ4v) is 4.20. The summed E-state index contributed by atoms with van der Waals surface area (Å²) >= 11 is 1.26. The van der Waals surface area contributed by atoms with Crippen LogP contribution in [-0.4, -0.2) is 50.8 Å². The van der Waals surface area contributed by atoms with Crippen molar-refractivity contribution < 1.29 is 14.0 Å². The van der Waals surface area contributed by atoms with Crippen molar-refractivity contribution in [3.05, 3.63) is 84.1 Å². The highest BCUT2D eigenvalue weighted by Gasteiger charge is 2.19. The van der Waals surface area contributed by atoms with E-state index < -0.39 is 0 Å². The number of rotatable bonds is 9. The maximum Gasteiger partial charge on any atom is 0.243 e. The van der Waals surface area contributed by atoms with Crippen LogP contribution in [0.2, 0.25) is 0 Å². The Morgan fingerprint density at radius 3 is 2.69 bits per heavy atom. The smallest absolute Gasteiger partial charge is 0.243 e. The number of hydrogen-bond donors (Lipinski definition) is 1. The van der Waals surface area contributed by atoms with E-state index in [0.717, 1.165) is 5.56 Å².